The Labute approximate surface area is 243 Å². The molecule has 0 nitrogen and oxygen atoms in total. The Morgan fingerprint density at radius 2 is 1.51 bits per heavy atom. The smallest absolute Gasteiger partial charge is 0.0245 e. The molecule has 7 heteroatoms. The standard InChI is InChI=1S/C28H40S7/c1-5-20(29-10-1)18-15-24(34-27(18)22-7-3-12-31-22)17-9-14-33-26(17)25-16-19(21-6-2-11-30-21)28(35-25)23-8-4-13-32-23/h4-5,13,17-19,21-28H,1-3,6-12,14-16H2. The van der Waals surface area contributed by atoms with Gasteiger partial charge in [0.15, 0.2) is 0 Å². The predicted molar refractivity (Wildman–Crippen MR) is 172 cm³/mol. The second-order valence-corrected chi connectivity index (χ2v) is 20.6. The van der Waals surface area contributed by atoms with Crippen LogP contribution < -0.4 is 0 Å². The lowest BCUT2D eigenvalue weighted by Crippen LogP contribution is -2.31. The number of hydrogen-bond acceptors (Lipinski definition) is 7. The second-order valence-electron chi connectivity index (χ2n) is 11.4. The lowest BCUT2D eigenvalue weighted by Gasteiger charge is -2.29. The van der Waals surface area contributed by atoms with E-state index in [9.17, 15) is 0 Å². The molecule has 7 aliphatic heterocycles. The third-order valence-corrected chi connectivity index (χ3v) is 20.6. The maximum absolute atomic E-state index is 2.64. The Morgan fingerprint density at radius 3 is 2.26 bits per heavy atom. The SMILES string of the molecule is C1=CSC(C2SC(C3SCCC3C3CC(C4=CCCS4)C(C4CCCS4)S3)CC2C2CCCS2)C1. The highest BCUT2D eigenvalue weighted by molar-refractivity contribution is 8.07. The van der Waals surface area contributed by atoms with Crippen molar-refractivity contribution in [3.8, 4) is 0 Å². The van der Waals surface area contributed by atoms with Crippen molar-refractivity contribution >= 4 is 82.3 Å². The third-order valence-electron chi connectivity index (χ3n) is 9.46. The van der Waals surface area contributed by atoms with Crippen LogP contribution in [0.2, 0.25) is 0 Å². The molecular formula is C28H40S7. The molecule has 0 radical (unpaired) electrons. The molecule has 35 heavy (non-hydrogen) atoms. The molecule has 7 aliphatic rings. The van der Waals surface area contributed by atoms with Gasteiger partial charge in [-0.2, -0.15) is 58.8 Å². The van der Waals surface area contributed by atoms with E-state index in [1.807, 2.05) is 0 Å². The van der Waals surface area contributed by atoms with Gasteiger partial charge in [0.2, 0.25) is 0 Å². The van der Waals surface area contributed by atoms with Gasteiger partial charge in [-0.05, 0) is 97.2 Å². The zero-order valence-electron chi connectivity index (χ0n) is 20.6. The number of hydrogen-bond donors (Lipinski definition) is 0. The molecule has 0 saturated carbocycles. The first-order chi connectivity index (χ1) is 17.3. The monoisotopic (exact) mass is 600 g/mol. The van der Waals surface area contributed by atoms with E-state index in [2.05, 4.69) is 99.9 Å². The Kier molecular flexibility index (Phi) is 8.73. The molecule has 7 heterocycles. The Morgan fingerprint density at radius 1 is 0.657 bits per heavy atom. The summed E-state index contributed by atoms with van der Waals surface area (Å²) in [5, 5.41) is 9.76. The average Bonchev–Trinajstić information content (AvgIpc) is 3.71. The van der Waals surface area contributed by atoms with Gasteiger partial charge in [0.05, 0.1) is 0 Å². The Bertz CT molecular complexity index is 783. The quantitative estimate of drug-likeness (QED) is 0.295. The van der Waals surface area contributed by atoms with Gasteiger partial charge >= 0.3 is 0 Å². The Balaban J connectivity index is 1.08. The first kappa shape index (κ1) is 25.9. The van der Waals surface area contributed by atoms with Crippen molar-refractivity contribution in [2.45, 2.75) is 99.8 Å². The maximum atomic E-state index is 2.64. The molecule has 0 amide bonds. The van der Waals surface area contributed by atoms with Crippen LogP contribution in [0, 0.1) is 17.8 Å². The molecule has 0 aliphatic carbocycles. The van der Waals surface area contributed by atoms with Crippen LogP contribution in [-0.4, -0.2) is 65.0 Å². The summed E-state index contributed by atoms with van der Waals surface area (Å²) in [4.78, 5) is 1.80. The van der Waals surface area contributed by atoms with Gasteiger partial charge in [-0.3, -0.25) is 0 Å². The normalized spacial score (nSPS) is 50.1. The van der Waals surface area contributed by atoms with E-state index in [4.69, 9.17) is 0 Å². The van der Waals surface area contributed by atoms with Crippen molar-refractivity contribution in [1.82, 2.24) is 0 Å². The molecule has 194 valence electrons. The molecular weight excluding hydrogens is 561 g/mol. The summed E-state index contributed by atoms with van der Waals surface area (Å²) in [6, 6.07) is 0. The van der Waals surface area contributed by atoms with Gasteiger partial charge < -0.3 is 0 Å². The summed E-state index contributed by atoms with van der Waals surface area (Å²) < 4.78 is 0. The van der Waals surface area contributed by atoms with Gasteiger partial charge in [0, 0.05) is 53.7 Å². The largest absolute Gasteiger partial charge is 0.158 e. The molecule has 0 aromatic rings. The molecule has 11 atom stereocenters. The molecule has 0 aromatic carbocycles. The Hall–Kier alpha value is 1.93. The van der Waals surface area contributed by atoms with Crippen LogP contribution >= 0.6 is 82.3 Å². The van der Waals surface area contributed by atoms with Crippen LogP contribution in [0.15, 0.2) is 22.5 Å². The first-order valence-electron chi connectivity index (χ1n) is 14.1. The molecule has 5 saturated heterocycles. The van der Waals surface area contributed by atoms with E-state index in [-0.39, 0.29) is 0 Å². The number of rotatable bonds is 6. The minimum atomic E-state index is 0.862. The van der Waals surface area contributed by atoms with Crippen LogP contribution in [0.4, 0.5) is 0 Å². The van der Waals surface area contributed by atoms with E-state index in [0.717, 1.165) is 59.8 Å². The van der Waals surface area contributed by atoms with E-state index >= 15 is 0 Å². The fraction of sp³-hybridized carbons (Fsp3) is 0.857. The summed E-state index contributed by atoms with van der Waals surface area (Å²) in [6.07, 6.45) is 18.2. The van der Waals surface area contributed by atoms with Gasteiger partial charge in [0.1, 0.15) is 0 Å². The van der Waals surface area contributed by atoms with Crippen LogP contribution in [0.3, 0.4) is 0 Å². The number of thioether (sulfide) groups is 7. The van der Waals surface area contributed by atoms with Gasteiger partial charge in [-0.15, -0.1) is 23.5 Å². The molecule has 0 aromatic heterocycles. The lowest BCUT2D eigenvalue weighted by atomic mass is 9.85. The van der Waals surface area contributed by atoms with Crippen molar-refractivity contribution < 1.29 is 0 Å². The zero-order chi connectivity index (χ0) is 23.2. The van der Waals surface area contributed by atoms with Crippen LogP contribution in [-0.2, 0) is 0 Å². The highest BCUT2D eigenvalue weighted by Gasteiger charge is 2.52. The van der Waals surface area contributed by atoms with Crippen molar-refractivity contribution in [1.29, 1.82) is 0 Å². The summed E-state index contributed by atoms with van der Waals surface area (Å²) in [5.41, 5.74) is 0. The molecule has 0 bridgehead atoms. The summed E-state index contributed by atoms with van der Waals surface area (Å²) in [7, 11) is 0. The molecule has 0 N–H and O–H groups in total. The van der Waals surface area contributed by atoms with Crippen LogP contribution in [0.25, 0.3) is 0 Å². The molecule has 11 unspecified atom stereocenters. The molecule has 0 spiro atoms. The highest BCUT2D eigenvalue weighted by Crippen LogP contribution is 2.60. The minimum absolute atomic E-state index is 0.862. The predicted octanol–water partition coefficient (Wildman–Crippen LogP) is 8.92. The molecule has 7 rings (SSSR count). The van der Waals surface area contributed by atoms with Crippen LogP contribution in [0.1, 0.15) is 57.8 Å². The topological polar surface area (TPSA) is 0 Å². The maximum Gasteiger partial charge on any atom is 0.0245 e. The van der Waals surface area contributed by atoms with Crippen molar-refractivity contribution in [3.05, 3.63) is 22.5 Å². The summed E-state index contributed by atoms with van der Waals surface area (Å²) >= 11 is 16.4. The zero-order valence-corrected chi connectivity index (χ0v) is 26.3. The van der Waals surface area contributed by atoms with Crippen molar-refractivity contribution in [3.63, 3.8) is 0 Å². The summed E-state index contributed by atoms with van der Waals surface area (Å²) in [6.45, 7) is 0. The minimum Gasteiger partial charge on any atom is -0.158 e. The van der Waals surface area contributed by atoms with Gasteiger partial charge in [0.25, 0.3) is 0 Å². The van der Waals surface area contributed by atoms with Gasteiger partial charge in [-0.1, -0.05) is 12.2 Å². The first-order valence-corrected chi connectivity index (χ1v) is 21.1. The second kappa shape index (κ2) is 11.8. The fourth-order valence-electron chi connectivity index (χ4n) is 7.86. The van der Waals surface area contributed by atoms with Crippen LogP contribution in [0.5, 0.6) is 0 Å². The van der Waals surface area contributed by atoms with E-state index in [0.29, 0.717) is 0 Å². The fourth-order valence-corrected chi connectivity index (χ4v) is 19.8. The summed E-state index contributed by atoms with van der Waals surface area (Å²) in [5.74, 6) is 8.45. The highest BCUT2D eigenvalue weighted by atomic mass is 32.2. The van der Waals surface area contributed by atoms with Crippen molar-refractivity contribution in [2.75, 3.05) is 23.0 Å². The average molecular weight is 601 g/mol. The van der Waals surface area contributed by atoms with E-state index in [1.165, 1.54) is 80.8 Å². The van der Waals surface area contributed by atoms with Gasteiger partial charge in [-0.25, -0.2) is 0 Å². The number of allylic oxidation sites excluding steroid dienone is 3. The lowest BCUT2D eigenvalue weighted by molar-refractivity contribution is 0.407. The van der Waals surface area contributed by atoms with E-state index in [1.54, 1.807) is 4.91 Å². The van der Waals surface area contributed by atoms with Crippen molar-refractivity contribution in [2.24, 2.45) is 17.8 Å². The molecule has 5 fully saturated rings. The van der Waals surface area contributed by atoms with E-state index < -0.39 is 0 Å². The third kappa shape index (κ3) is 5.35.